The molecule has 0 aliphatic heterocycles. The number of rotatable bonds is 6. The van der Waals surface area contributed by atoms with Crippen molar-refractivity contribution in [2.75, 3.05) is 6.61 Å². The lowest BCUT2D eigenvalue weighted by molar-refractivity contribution is -0.139. The van der Waals surface area contributed by atoms with Gasteiger partial charge >= 0.3 is 5.97 Å². The predicted octanol–water partition coefficient (Wildman–Crippen LogP) is -0.860. The summed E-state index contributed by atoms with van der Waals surface area (Å²) in [5, 5.41) is 23.8. The molecule has 0 aliphatic carbocycles. The van der Waals surface area contributed by atoms with E-state index >= 15 is 0 Å². The van der Waals surface area contributed by atoms with Crippen molar-refractivity contribution in [3.05, 3.63) is 11.4 Å². The van der Waals surface area contributed by atoms with Crippen molar-refractivity contribution < 1.29 is 23.4 Å². The van der Waals surface area contributed by atoms with Gasteiger partial charge in [-0.05, 0) is 20.3 Å². The lowest BCUT2D eigenvalue weighted by atomic mass is 10.2. The Labute approximate surface area is 104 Å². The molecule has 4 N–H and O–H groups in total. The molecule has 1 aromatic rings. The number of carbonyl (C=O) groups is 1. The minimum atomic E-state index is -3.98. The molecule has 0 saturated carbocycles. The molecule has 0 spiro atoms. The van der Waals surface area contributed by atoms with Crippen molar-refractivity contribution >= 4 is 16.0 Å². The Bertz CT molecular complexity index is 517. The van der Waals surface area contributed by atoms with Gasteiger partial charge in [0.1, 0.15) is 10.9 Å². The predicted molar refractivity (Wildman–Crippen MR) is 61.5 cm³/mol. The number of aliphatic hydroxyl groups is 1. The lowest BCUT2D eigenvalue weighted by Crippen LogP contribution is -2.41. The van der Waals surface area contributed by atoms with Gasteiger partial charge in [-0.2, -0.15) is 9.82 Å². The summed E-state index contributed by atoms with van der Waals surface area (Å²) in [5.74, 6) is -1.34. The number of hydrogen-bond donors (Lipinski definition) is 4. The third kappa shape index (κ3) is 3.06. The smallest absolute Gasteiger partial charge is 0.321 e. The van der Waals surface area contributed by atoms with E-state index in [4.69, 9.17) is 10.2 Å². The average Bonchev–Trinajstić information content (AvgIpc) is 2.58. The molecule has 1 heterocycles. The molecule has 1 atom stereocenters. The number of nitrogens with one attached hydrogen (secondary N) is 2. The number of H-pyrrole nitrogens is 1. The molecule has 0 aromatic carbocycles. The van der Waals surface area contributed by atoms with Crippen LogP contribution in [0.4, 0.5) is 0 Å². The maximum atomic E-state index is 12.0. The summed E-state index contributed by atoms with van der Waals surface area (Å²) < 4.78 is 26.0. The summed E-state index contributed by atoms with van der Waals surface area (Å²) in [5.41, 5.74) is 0.585. The second-order valence-corrected chi connectivity index (χ2v) is 5.44. The first-order chi connectivity index (χ1) is 8.29. The molecule has 8 nitrogen and oxygen atoms in total. The van der Waals surface area contributed by atoms with Crippen LogP contribution < -0.4 is 4.72 Å². The topological polar surface area (TPSA) is 132 Å². The largest absolute Gasteiger partial charge is 0.480 e. The number of aliphatic carboxylic acids is 1. The molecule has 9 heteroatoms. The van der Waals surface area contributed by atoms with Crippen LogP contribution in [0, 0.1) is 13.8 Å². The first-order valence-corrected chi connectivity index (χ1v) is 6.65. The number of sulfonamides is 1. The second kappa shape index (κ2) is 5.46. The van der Waals surface area contributed by atoms with E-state index in [-0.39, 0.29) is 17.0 Å². The minimum Gasteiger partial charge on any atom is -0.480 e. The van der Waals surface area contributed by atoms with E-state index in [1.54, 1.807) is 0 Å². The molecule has 0 aliphatic rings. The summed E-state index contributed by atoms with van der Waals surface area (Å²) in [6.45, 7) is 2.60. The SMILES string of the molecule is Cc1n[nH]c(C)c1S(=O)(=O)N[C@@H](CCO)C(=O)O. The van der Waals surface area contributed by atoms with Crippen molar-refractivity contribution in [2.24, 2.45) is 0 Å². The molecule has 18 heavy (non-hydrogen) atoms. The van der Waals surface area contributed by atoms with E-state index in [0.717, 1.165) is 0 Å². The van der Waals surface area contributed by atoms with E-state index in [1.807, 2.05) is 4.72 Å². The number of aryl methyl sites for hydroxylation is 2. The summed E-state index contributed by atoms with van der Waals surface area (Å²) >= 11 is 0. The number of aromatic amines is 1. The Morgan fingerprint density at radius 1 is 1.50 bits per heavy atom. The van der Waals surface area contributed by atoms with Crippen LogP contribution in [-0.4, -0.2) is 47.4 Å². The number of nitrogens with zero attached hydrogens (tertiary/aromatic N) is 1. The fourth-order valence-corrected chi connectivity index (χ4v) is 3.14. The summed E-state index contributed by atoms with van der Waals surface area (Å²) in [6, 6.07) is -1.37. The molecule has 0 unspecified atom stereocenters. The maximum Gasteiger partial charge on any atom is 0.321 e. The van der Waals surface area contributed by atoms with Crippen LogP contribution in [0.2, 0.25) is 0 Å². The maximum absolute atomic E-state index is 12.0. The number of carboxylic acids is 1. The third-order valence-electron chi connectivity index (χ3n) is 2.34. The minimum absolute atomic E-state index is 0.0633. The fraction of sp³-hybridized carbons (Fsp3) is 0.556. The Morgan fingerprint density at radius 2 is 2.11 bits per heavy atom. The van der Waals surface area contributed by atoms with Crippen molar-refractivity contribution in [3.63, 3.8) is 0 Å². The van der Waals surface area contributed by atoms with Crippen molar-refractivity contribution in [2.45, 2.75) is 31.2 Å². The quantitative estimate of drug-likeness (QED) is 0.535. The zero-order chi connectivity index (χ0) is 13.9. The van der Waals surface area contributed by atoms with Crippen LogP contribution in [0.25, 0.3) is 0 Å². The van der Waals surface area contributed by atoms with Gasteiger partial charge in [0.25, 0.3) is 0 Å². The van der Waals surface area contributed by atoms with Crippen LogP contribution in [0.3, 0.4) is 0 Å². The molecule has 1 rings (SSSR count). The van der Waals surface area contributed by atoms with Gasteiger partial charge < -0.3 is 10.2 Å². The van der Waals surface area contributed by atoms with Crippen LogP contribution in [-0.2, 0) is 14.8 Å². The molecule has 0 fully saturated rings. The lowest BCUT2D eigenvalue weighted by Gasteiger charge is -2.13. The van der Waals surface area contributed by atoms with Gasteiger partial charge in [-0.1, -0.05) is 0 Å². The van der Waals surface area contributed by atoms with Crippen LogP contribution in [0.1, 0.15) is 17.8 Å². The van der Waals surface area contributed by atoms with Gasteiger partial charge in [0.2, 0.25) is 10.0 Å². The van der Waals surface area contributed by atoms with Crippen LogP contribution in [0.5, 0.6) is 0 Å². The average molecular weight is 277 g/mol. The summed E-state index contributed by atoms with van der Waals surface area (Å²) in [6.07, 6.45) is -0.204. The summed E-state index contributed by atoms with van der Waals surface area (Å²) in [7, 11) is -3.98. The number of carboxylic acid groups (broad SMARTS) is 1. The van der Waals surface area contributed by atoms with Crippen molar-refractivity contribution in [3.8, 4) is 0 Å². The number of aliphatic hydroxyl groups excluding tert-OH is 1. The van der Waals surface area contributed by atoms with Gasteiger partial charge in [0.15, 0.2) is 0 Å². The number of hydrogen-bond acceptors (Lipinski definition) is 5. The highest BCUT2D eigenvalue weighted by atomic mass is 32.2. The first-order valence-electron chi connectivity index (χ1n) is 5.17. The number of aromatic nitrogens is 2. The van der Waals surface area contributed by atoms with Gasteiger partial charge in [-0.15, -0.1) is 0 Å². The molecule has 0 bridgehead atoms. The Kier molecular flexibility index (Phi) is 4.43. The zero-order valence-electron chi connectivity index (χ0n) is 9.97. The molecule has 102 valence electrons. The monoisotopic (exact) mass is 277 g/mol. The fourth-order valence-electron chi connectivity index (χ4n) is 1.54. The first kappa shape index (κ1) is 14.6. The van der Waals surface area contributed by atoms with E-state index in [0.29, 0.717) is 5.69 Å². The normalized spacial score (nSPS) is 13.5. The molecule has 0 radical (unpaired) electrons. The Balaban J connectivity index is 3.05. The molecular formula is C9H15N3O5S. The molecule has 0 amide bonds. The second-order valence-electron chi connectivity index (χ2n) is 3.79. The van der Waals surface area contributed by atoms with E-state index in [2.05, 4.69) is 10.2 Å². The van der Waals surface area contributed by atoms with Crippen molar-refractivity contribution in [1.29, 1.82) is 0 Å². The Morgan fingerprint density at radius 3 is 2.50 bits per heavy atom. The van der Waals surface area contributed by atoms with Crippen LogP contribution in [0.15, 0.2) is 4.90 Å². The Hall–Kier alpha value is -1.45. The summed E-state index contributed by atoms with van der Waals surface area (Å²) in [4.78, 5) is 10.8. The van der Waals surface area contributed by atoms with Gasteiger partial charge in [-0.25, -0.2) is 8.42 Å². The van der Waals surface area contributed by atoms with E-state index < -0.39 is 28.6 Å². The van der Waals surface area contributed by atoms with Gasteiger partial charge in [0.05, 0.1) is 11.4 Å². The van der Waals surface area contributed by atoms with E-state index in [1.165, 1.54) is 13.8 Å². The zero-order valence-corrected chi connectivity index (χ0v) is 10.8. The molecule has 1 aromatic heterocycles. The highest BCUT2D eigenvalue weighted by Crippen LogP contribution is 2.17. The molecular weight excluding hydrogens is 262 g/mol. The highest BCUT2D eigenvalue weighted by Gasteiger charge is 2.28. The highest BCUT2D eigenvalue weighted by molar-refractivity contribution is 7.89. The third-order valence-corrected chi connectivity index (χ3v) is 4.08. The van der Waals surface area contributed by atoms with Crippen LogP contribution >= 0.6 is 0 Å². The van der Waals surface area contributed by atoms with E-state index in [9.17, 15) is 13.2 Å². The van der Waals surface area contributed by atoms with Gasteiger partial charge in [-0.3, -0.25) is 9.89 Å². The van der Waals surface area contributed by atoms with Gasteiger partial charge in [0, 0.05) is 6.61 Å². The standard InChI is InChI=1S/C9H15N3O5S/c1-5-8(6(2)11-10-5)18(16,17)12-7(3-4-13)9(14)15/h7,12-13H,3-4H2,1-2H3,(H,10,11)(H,14,15)/t7-/m0/s1. The van der Waals surface area contributed by atoms with Crippen molar-refractivity contribution in [1.82, 2.24) is 14.9 Å². The molecule has 0 saturated heterocycles.